The predicted molar refractivity (Wildman–Crippen MR) is 80.0 cm³/mol. The summed E-state index contributed by atoms with van der Waals surface area (Å²) in [6.45, 7) is 0. The van der Waals surface area contributed by atoms with E-state index in [4.69, 9.17) is 0 Å². The minimum Gasteiger partial charge on any atom is -0.508 e. The van der Waals surface area contributed by atoms with Crippen molar-refractivity contribution in [3.05, 3.63) is 70.2 Å². The molecule has 2 rings (SSSR count). The Kier molecular flexibility index (Phi) is 4.53. The second kappa shape index (κ2) is 6.34. The maximum Gasteiger partial charge on any atom is 0.150 e. The standard InChI is InChI=1S/C16H13BrO2/c17-15-8-9-16(19)13(10-15)6-7-14(11-18)12-4-2-1-3-5-12/h1-5,7-11,19H,6H2. The monoisotopic (exact) mass is 316 g/mol. The van der Waals surface area contributed by atoms with Gasteiger partial charge in [0, 0.05) is 10.0 Å². The average Bonchev–Trinajstić information content (AvgIpc) is 2.44. The summed E-state index contributed by atoms with van der Waals surface area (Å²) >= 11 is 3.36. The fourth-order valence-electron chi connectivity index (χ4n) is 1.80. The van der Waals surface area contributed by atoms with Crippen molar-refractivity contribution >= 4 is 27.8 Å². The third-order valence-corrected chi connectivity index (χ3v) is 3.31. The van der Waals surface area contributed by atoms with Crippen LogP contribution in [0, 0.1) is 0 Å². The van der Waals surface area contributed by atoms with E-state index in [-0.39, 0.29) is 5.75 Å². The van der Waals surface area contributed by atoms with Crippen LogP contribution in [0.5, 0.6) is 5.75 Å². The predicted octanol–water partition coefficient (Wildman–Crippen LogP) is 3.98. The topological polar surface area (TPSA) is 37.3 Å². The van der Waals surface area contributed by atoms with Crippen molar-refractivity contribution in [2.75, 3.05) is 0 Å². The number of hydrogen-bond donors (Lipinski definition) is 1. The zero-order valence-corrected chi connectivity index (χ0v) is 11.8. The Morgan fingerprint density at radius 1 is 1.16 bits per heavy atom. The Labute approximate surface area is 120 Å². The molecular formula is C16H13BrO2. The van der Waals surface area contributed by atoms with Crippen LogP contribution in [-0.2, 0) is 11.2 Å². The van der Waals surface area contributed by atoms with Gasteiger partial charge in [0.05, 0.1) is 0 Å². The van der Waals surface area contributed by atoms with Crippen LogP contribution >= 0.6 is 15.9 Å². The Bertz CT molecular complexity index is 603. The molecule has 96 valence electrons. The Morgan fingerprint density at radius 2 is 1.89 bits per heavy atom. The first-order chi connectivity index (χ1) is 9.20. The van der Waals surface area contributed by atoms with Crippen molar-refractivity contribution in [2.24, 2.45) is 0 Å². The van der Waals surface area contributed by atoms with Crippen LogP contribution in [0.1, 0.15) is 11.1 Å². The highest BCUT2D eigenvalue weighted by atomic mass is 79.9. The van der Waals surface area contributed by atoms with Crippen molar-refractivity contribution < 1.29 is 9.90 Å². The van der Waals surface area contributed by atoms with Crippen molar-refractivity contribution in [3.63, 3.8) is 0 Å². The fraction of sp³-hybridized carbons (Fsp3) is 0.0625. The quantitative estimate of drug-likeness (QED) is 0.684. The number of halogens is 1. The third-order valence-electron chi connectivity index (χ3n) is 2.82. The van der Waals surface area contributed by atoms with Gasteiger partial charge in [-0.2, -0.15) is 0 Å². The summed E-state index contributed by atoms with van der Waals surface area (Å²) in [5.74, 6) is 0.234. The van der Waals surface area contributed by atoms with E-state index in [0.717, 1.165) is 21.9 Å². The number of carbonyl (C=O) groups is 1. The van der Waals surface area contributed by atoms with E-state index in [1.165, 1.54) is 0 Å². The summed E-state index contributed by atoms with van der Waals surface area (Å²) in [5, 5.41) is 9.75. The zero-order chi connectivity index (χ0) is 13.7. The molecule has 0 unspecified atom stereocenters. The number of carbonyl (C=O) groups excluding carboxylic acids is 1. The van der Waals surface area contributed by atoms with E-state index in [2.05, 4.69) is 15.9 Å². The van der Waals surface area contributed by atoms with Crippen LogP contribution in [0.3, 0.4) is 0 Å². The lowest BCUT2D eigenvalue weighted by molar-refractivity contribution is -0.103. The summed E-state index contributed by atoms with van der Waals surface area (Å²) in [6, 6.07) is 14.7. The molecule has 0 saturated heterocycles. The second-order valence-electron chi connectivity index (χ2n) is 4.12. The van der Waals surface area contributed by atoms with Gasteiger partial charge in [-0.25, -0.2) is 0 Å². The van der Waals surface area contributed by atoms with Gasteiger partial charge >= 0.3 is 0 Å². The van der Waals surface area contributed by atoms with Crippen LogP contribution < -0.4 is 0 Å². The van der Waals surface area contributed by atoms with Gasteiger partial charge < -0.3 is 5.11 Å². The summed E-state index contributed by atoms with van der Waals surface area (Å²) in [5.41, 5.74) is 2.29. The number of aldehydes is 1. The molecule has 0 spiro atoms. The molecule has 2 aromatic rings. The Hall–Kier alpha value is -1.87. The molecule has 0 aliphatic heterocycles. The van der Waals surface area contributed by atoms with Crippen molar-refractivity contribution in [1.29, 1.82) is 0 Å². The molecule has 0 radical (unpaired) electrons. The Morgan fingerprint density at radius 3 is 2.58 bits per heavy atom. The zero-order valence-electron chi connectivity index (χ0n) is 10.2. The highest BCUT2D eigenvalue weighted by Crippen LogP contribution is 2.23. The summed E-state index contributed by atoms with van der Waals surface area (Å²) in [7, 11) is 0. The third kappa shape index (κ3) is 3.55. The lowest BCUT2D eigenvalue weighted by atomic mass is 10.0. The van der Waals surface area contributed by atoms with Crippen molar-refractivity contribution in [2.45, 2.75) is 6.42 Å². The largest absolute Gasteiger partial charge is 0.508 e. The second-order valence-corrected chi connectivity index (χ2v) is 5.04. The molecule has 0 fully saturated rings. The van der Waals surface area contributed by atoms with Crippen molar-refractivity contribution in [1.82, 2.24) is 0 Å². The summed E-state index contributed by atoms with van der Waals surface area (Å²) < 4.78 is 0.904. The normalized spacial score (nSPS) is 11.3. The molecule has 2 aromatic carbocycles. The summed E-state index contributed by atoms with van der Waals surface area (Å²) in [4.78, 5) is 11.1. The number of allylic oxidation sites excluding steroid dienone is 2. The first-order valence-corrected chi connectivity index (χ1v) is 6.68. The van der Waals surface area contributed by atoms with Gasteiger partial charge in [0.25, 0.3) is 0 Å². The molecule has 0 aromatic heterocycles. The molecule has 3 heteroatoms. The van der Waals surface area contributed by atoms with Crippen LogP contribution in [0.4, 0.5) is 0 Å². The Balaban J connectivity index is 2.25. The van der Waals surface area contributed by atoms with E-state index < -0.39 is 0 Å². The minimum atomic E-state index is 0.234. The summed E-state index contributed by atoms with van der Waals surface area (Å²) in [6.07, 6.45) is 3.17. The molecule has 0 aliphatic carbocycles. The molecule has 0 bridgehead atoms. The number of aromatic hydroxyl groups is 1. The van der Waals surface area contributed by atoms with Crippen LogP contribution in [0.25, 0.3) is 5.57 Å². The van der Waals surface area contributed by atoms with Gasteiger partial charge in [-0.05, 0) is 35.7 Å². The molecular weight excluding hydrogens is 304 g/mol. The first kappa shape index (κ1) is 13.6. The molecule has 1 N–H and O–H groups in total. The smallest absolute Gasteiger partial charge is 0.150 e. The number of benzene rings is 2. The van der Waals surface area contributed by atoms with Gasteiger partial charge in [-0.3, -0.25) is 4.79 Å². The lowest BCUT2D eigenvalue weighted by Gasteiger charge is -2.04. The highest BCUT2D eigenvalue weighted by molar-refractivity contribution is 9.10. The maximum absolute atomic E-state index is 11.1. The molecule has 0 atom stereocenters. The highest BCUT2D eigenvalue weighted by Gasteiger charge is 2.03. The van der Waals surface area contributed by atoms with Crippen LogP contribution in [0.2, 0.25) is 0 Å². The molecule has 0 saturated carbocycles. The van der Waals surface area contributed by atoms with Crippen LogP contribution in [0.15, 0.2) is 59.1 Å². The van der Waals surface area contributed by atoms with Crippen LogP contribution in [-0.4, -0.2) is 11.4 Å². The maximum atomic E-state index is 11.1. The van der Waals surface area contributed by atoms with E-state index in [1.54, 1.807) is 12.1 Å². The molecule has 2 nitrogen and oxygen atoms in total. The van der Waals surface area contributed by atoms with Gasteiger partial charge in [0.1, 0.15) is 12.0 Å². The van der Waals surface area contributed by atoms with E-state index >= 15 is 0 Å². The van der Waals surface area contributed by atoms with Gasteiger partial charge in [-0.15, -0.1) is 0 Å². The fourth-order valence-corrected chi connectivity index (χ4v) is 2.21. The SMILES string of the molecule is O=CC(=CCc1cc(Br)ccc1O)c1ccccc1. The molecule has 19 heavy (non-hydrogen) atoms. The van der Waals surface area contributed by atoms with E-state index in [0.29, 0.717) is 12.0 Å². The number of hydrogen-bond acceptors (Lipinski definition) is 2. The van der Waals surface area contributed by atoms with Crippen molar-refractivity contribution in [3.8, 4) is 5.75 Å². The van der Waals surface area contributed by atoms with Gasteiger partial charge in [0.15, 0.2) is 0 Å². The number of phenolic OH excluding ortho intramolecular Hbond substituents is 1. The van der Waals surface area contributed by atoms with Gasteiger partial charge in [0.2, 0.25) is 0 Å². The van der Waals surface area contributed by atoms with Gasteiger partial charge in [-0.1, -0.05) is 52.3 Å². The first-order valence-electron chi connectivity index (χ1n) is 5.89. The number of phenols is 1. The van der Waals surface area contributed by atoms with E-state index in [1.807, 2.05) is 42.5 Å². The molecule has 0 aliphatic rings. The lowest BCUT2D eigenvalue weighted by Crippen LogP contribution is -1.89. The average molecular weight is 317 g/mol. The molecule has 0 heterocycles. The minimum absolute atomic E-state index is 0.234. The number of rotatable bonds is 4. The molecule has 0 amide bonds. The van der Waals surface area contributed by atoms with E-state index in [9.17, 15) is 9.90 Å².